The zero-order valence-electron chi connectivity index (χ0n) is 12.0. The van der Waals surface area contributed by atoms with Gasteiger partial charge in [0.2, 0.25) is 11.9 Å². The van der Waals surface area contributed by atoms with Gasteiger partial charge in [-0.1, -0.05) is 16.8 Å². The summed E-state index contributed by atoms with van der Waals surface area (Å²) in [5.41, 5.74) is 4.66. The van der Waals surface area contributed by atoms with E-state index in [-0.39, 0.29) is 0 Å². The second-order valence-corrected chi connectivity index (χ2v) is 4.92. The molecule has 0 fully saturated rings. The Kier molecular flexibility index (Phi) is 3.95. The van der Waals surface area contributed by atoms with Crippen LogP contribution in [0, 0.1) is 13.8 Å². The summed E-state index contributed by atoms with van der Waals surface area (Å²) in [7, 11) is 4.07. The first-order chi connectivity index (χ1) is 9.06. The van der Waals surface area contributed by atoms with Gasteiger partial charge in [0.05, 0.1) is 0 Å². The Balaban J connectivity index is 2.18. The maximum atomic E-state index is 4.47. The van der Waals surface area contributed by atoms with Crippen LogP contribution in [-0.4, -0.2) is 20.3 Å². The Morgan fingerprint density at radius 1 is 1.05 bits per heavy atom. The number of anilines is 1. The third-order valence-corrected chi connectivity index (χ3v) is 3.02. The number of aromatic nitrogens is 1. The lowest BCUT2D eigenvalue weighted by Gasteiger charge is -2.11. The molecule has 0 aliphatic rings. The third-order valence-electron chi connectivity index (χ3n) is 3.02. The van der Waals surface area contributed by atoms with Crippen molar-refractivity contribution in [2.45, 2.75) is 13.8 Å². The smallest absolute Gasteiger partial charge is 0.211 e. The van der Waals surface area contributed by atoms with Crippen molar-refractivity contribution >= 4 is 11.9 Å². The number of pyridine rings is 1. The van der Waals surface area contributed by atoms with E-state index in [0.717, 1.165) is 11.3 Å². The van der Waals surface area contributed by atoms with Crippen LogP contribution in [0.15, 0.2) is 47.7 Å². The third kappa shape index (κ3) is 3.41. The minimum absolute atomic E-state index is 1.10. The standard InChI is InChI=1S/C16H20N3/c1-13-9-10-19(14(2)11-13)17-12-15-5-7-16(8-6-15)18(3)4/h5-12H,1-4H3/q+1. The summed E-state index contributed by atoms with van der Waals surface area (Å²) < 4.78 is 1.88. The number of aryl methyl sites for hydroxylation is 2. The van der Waals surface area contributed by atoms with E-state index >= 15 is 0 Å². The van der Waals surface area contributed by atoms with E-state index in [2.05, 4.69) is 60.2 Å². The van der Waals surface area contributed by atoms with Crippen LogP contribution in [0.25, 0.3) is 0 Å². The molecule has 1 aromatic carbocycles. The Morgan fingerprint density at radius 2 is 1.74 bits per heavy atom. The highest BCUT2D eigenvalue weighted by Gasteiger charge is 2.03. The fraction of sp³-hybridized carbons (Fsp3) is 0.250. The minimum atomic E-state index is 1.10. The molecule has 0 radical (unpaired) electrons. The molecule has 0 unspecified atom stereocenters. The van der Waals surface area contributed by atoms with Crippen LogP contribution in [0.4, 0.5) is 5.69 Å². The lowest BCUT2D eigenvalue weighted by Crippen LogP contribution is -2.30. The number of benzene rings is 1. The van der Waals surface area contributed by atoms with E-state index in [4.69, 9.17) is 0 Å². The molecule has 0 saturated heterocycles. The van der Waals surface area contributed by atoms with Gasteiger partial charge in [-0.3, -0.25) is 0 Å². The maximum Gasteiger partial charge on any atom is 0.211 e. The first-order valence-corrected chi connectivity index (χ1v) is 6.37. The van der Waals surface area contributed by atoms with Crippen LogP contribution in [0.3, 0.4) is 0 Å². The van der Waals surface area contributed by atoms with E-state index < -0.39 is 0 Å². The predicted molar refractivity (Wildman–Crippen MR) is 79.9 cm³/mol. The van der Waals surface area contributed by atoms with Gasteiger partial charge in [0.1, 0.15) is 6.21 Å². The second-order valence-electron chi connectivity index (χ2n) is 4.92. The van der Waals surface area contributed by atoms with Gasteiger partial charge >= 0.3 is 0 Å². The molecular formula is C16H20N3+. The molecule has 2 rings (SSSR count). The maximum absolute atomic E-state index is 4.47. The lowest BCUT2D eigenvalue weighted by molar-refractivity contribution is -0.684. The molecule has 0 aliphatic heterocycles. The molecule has 0 N–H and O–H groups in total. The second kappa shape index (κ2) is 5.65. The Morgan fingerprint density at radius 3 is 2.32 bits per heavy atom. The topological polar surface area (TPSA) is 19.5 Å². The number of hydrogen-bond acceptors (Lipinski definition) is 2. The number of rotatable bonds is 3. The molecule has 98 valence electrons. The molecule has 1 aromatic heterocycles. The molecule has 19 heavy (non-hydrogen) atoms. The fourth-order valence-corrected chi connectivity index (χ4v) is 1.87. The normalized spacial score (nSPS) is 10.9. The highest BCUT2D eigenvalue weighted by molar-refractivity contribution is 5.79. The molecule has 0 amide bonds. The van der Waals surface area contributed by atoms with Crippen molar-refractivity contribution in [3.05, 3.63) is 59.4 Å². The molecule has 0 atom stereocenters. The van der Waals surface area contributed by atoms with Crippen molar-refractivity contribution in [3.63, 3.8) is 0 Å². The van der Waals surface area contributed by atoms with Gasteiger partial charge in [0, 0.05) is 38.8 Å². The van der Waals surface area contributed by atoms with Gasteiger partial charge in [-0.15, -0.1) is 0 Å². The van der Waals surface area contributed by atoms with Crippen molar-refractivity contribution < 1.29 is 4.68 Å². The van der Waals surface area contributed by atoms with Crippen molar-refractivity contribution in [1.29, 1.82) is 0 Å². The van der Waals surface area contributed by atoms with Gasteiger partial charge < -0.3 is 4.90 Å². The average Bonchev–Trinajstić information content (AvgIpc) is 2.38. The van der Waals surface area contributed by atoms with Crippen LogP contribution < -0.4 is 9.58 Å². The van der Waals surface area contributed by atoms with Crippen LogP contribution in [0.5, 0.6) is 0 Å². The molecule has 1 heterocycles. The largest absolute Gasteiger partial charge is 0.378 e. The van der Waals surface area contributed by atoms with E-state index in [0.29, 0.717) is 0 Å². The summed E-state index contributed by atoms with van der Waals surface area (Å²) in [6.45, 7) is 4.14. The molecule has 0 spiro atoms. The van der Waals surface area contributed by atoms with Crippen molar-refractivity contribution in [2.75, 3.05) is 19.0 Å². The molecule has 0 bridgehead atoms. The van der Waals surface area contributed by atoms with Crippen molar-refractivity contribution in [3.8, 4) is 0 Å². The summed E-state index contributed by atoms with van der Waals surface area (Å²) >= 11 is 0. The Hall–Kier alpha value is -2.16. The number of hydrogen-bond donors (Lipinski definition) is 0. The van der Waals surface area contributed by atoms with Crippen molar-refractivity contribution in [1.82, 2.24) is 0 Å². The summed E-state index contributed by atoms with van der Waals surface area (Å²) in [5, 5.41) is 4.47. The highest BCUT2D eigenvalue weighted by Crippen LogP contribution is 2.10. The average molecular weight is 254 g/mol. The molecule has 0 aliphatic carbocycles. The predicted octanol–water partition coefficient (Wildman–Crippen LogP) is 2.54. The Bertz CT molecular complexity index is 583. The molecule has 0 saturated carbocycles. The van der Waals surface area contributed by atoms with Gasteiger partial charge in [-0.2, -0.15) is 0 Å². The van der Waals surface area contributed by atoms with E-state index in [1.54, 1.807) is 0 Å². The number of nitrogens with zero attached hydrogens (tertiary/aromatic N) is 3. The van der Waals surface area contributed by atoms with Crippen LogP contribution in [0.2, 0.25) is 0 Å². The zero-order chi connectivity index (χ0) is 13.8. The van der Waals surface area contributed by atoms with Crippen LogP contribution in [0.1, 0.15) is 16.8 Å². The summed E-state index contributed by atoms with van der Waals surface area (Å²) in [6, 6.07) is 12.5. The van der Waals surface area contributed by atoms with Gasteiger partial charge in [-0.05, 0) is 35.3 Å². The summed E-state index contributed by atoms with van der Waals surface area (Å²) in [5.74, 6) is 0. The zero-order valence-corrected chi connectivity index (χ0v) is 12.0. The van der Waals surface area contributed by atoms with Gasteiger partial charge in [0.15, 0.2) is 0 Å². The molecular weight excluding hydrogens is 234 g/mol. The first-order valence-electron chi connectivity index (χ1n) is 6.37. The SMILES string of the molecule is Cc1cc[n+](N=Cc2ccc(N(C)C)cc2)c(C)c1. The van der Waals surface area contributed by atoms with Gasteiger partial charge in [0.25, 0.3) is 0 Å². The molecule has 3 heteroatoms. The Labute approximate surface area is 114 Å². The first kappa shape index (κ1) is 13.3. The van der Waals surface area contributed by atoms with E-state index in [1.165, 1.54) is 11.3 Å². The molecule has 2 aromatic rings. The monoisotopic (exact) mass is 254 g/mol. The summed E-state index contributed by atoms with van der Waals surface area (Å²) in [4.78, 5) is 2.08. The van der Waals surface area contributed by atoms with E-state index in [1.807, 2.05) is 31.2 Å². The van der Waals surface area contributed by atoms with Crippen LogP contribution >= 0.6 is 0 Å². The fourth-order valence-electron chi connectivity index (χ4n) is 1.87. The lowest BCUT2D eigenvalue weighted by atomic mass is 10.2. The molecule has 3 nitrogen and oxygen atoms in total. The minimum Gasteiger partial charge on any atom is -0.378 e. The van der Waals surface area contributed by atoms with Crippen molar-refractivity contribution in [2.24, 2.45) is 5.10 Å². The summed E-state index contributed by atoms with van der Waals surface area (Å²) in [6.07, 6.45) is 3.86. The van der Waals surface area contributed by atoms with Crippen LogP contribution in [-0.2, 0) is 0 Å². The quantitative estimate of drug-likeness (QED) is 0.608. The highest BCUT2D eigenvalue weighted by atomic mass is 15.3. The van der Waals surface area contributed by atoms with Gasteiger partial charge in [-0.25, -0.2) is 0 Å². The van der Waals surface area contributed by atoms with E-state index in [9.17, 15) is 0 Å².